The number of hydrogen-bond donors (Lipinski definition) is 0. The quantitative estimate of drug-likeness (QED) is 0.753. The van der Waals surface area contributed by atoms with Gasteiger partial charge in [0.25, 0.3) is 0 Å². The number of amides is 1. The normalized spacial score (nSPS) is 20.1. The molecule has 0 spiro atoms. The number of nitrogens with zero attached hydrogens (tertiary/aromatic N) is 2. The Morgan fingerprint density at radius 1 is 1.38 bits per heavy atom. The minimum atomic E-state index is -0.0847. The fourth-order valence-corrected chi connectivity index (χ4v) is 3.98. The summed E-state index contributed by atoms with van der Waals surface area (Å²) in [4.78, 5) is 28.4. The summed E-state index contributed by atoms with van der Waals surface area (Å²) in [5, 5.41) is 0. The molecule has 1 aromatic carbocycles. The Bertz CT molecular complexity index is 643. The number of hydrogen-bond acceptors (Lipinski definition) is 4. The summed E-state index contributed by atoms with van der Waals surface area (Å²) in [6, 6.07) is 6.15. The molecule has 2 aliphatic rings. The maximum absolute atomic E-state index is 12.3. The summed E-state index contributed by atoms with van der Waals surface area (Å²) >= 11 is 0. The molecule has 0 aliphatic carbocycles. The molecular formula is C19H26N2O3. The SMILES string of the molecule is CCCC(C[C@@H]1CN2CC(=O)N(C)c3cccc1c32)C(=O)OCC. The molecule has 1 amide bonds. The Morgan fingerprint density at radius 3 is 2.88 bits per heavy atom. The van der Waals surface area contributed by atoms with Gasteiger partial charge in [-0.3, -0.25) is 9.59 Å². The van der Waals surface area contributed by atoms with Gasteiger partial charge in [0, 0.05) is 19.5 Å². The van der Waals surface area contributed by atoms with Crippen molar-refractivity contribution < 1.29 is 14.3 Å². The van der Waals surface area contributed by atoms with Gasteiger partial charge >= 0.3 is 5.97 Å². The van der Waals surface area contributed by atoms with E-state index < -0.39 is 0 Å². The van der Waals surface area contributed by atoms with Crippen molar-refractivity contribution in [2.45, 2.75) is 39.0 Å². The molecule has 0 saturated carbocycles. The lowest BCUT2D eigenvalue weighted by Gasteiger charge is -2.32. The van der Waals surface area contributed by atoms with Gasteiger partial charge in [-0.15, -0.1) is 0 Å². The Labute approximate surface area is 143 Å². The second kappa shape index (κ2) is 6.83. The van der Waals surface area contributed by atoms with Crippen LogP contribution in [-0.4, -0.2) is 38.6 Å². The summed E-state index contributed by atoms with van der Waals surface area (Å²) in [6.45, 7) is 5.61. The minimum Gasteiger partial charge on any atom is -0.466 e. The maximum Gasteiger partial charge on any atom is 0.308 e. The molecule has 0 N–H and O–H groups in total. The number of esters is 1. The summed E-state index contributed by atoms with van der Waals surface area (Å²) in [5.41, 5.74) is 3.41. The van der Waals surface area contributed by atoms with Crippen LogP contribution < -0.4 is 9.80 Å². The first-order valence-electron chi connectivity index (χ1n) is 8.87. The van der Waals surface area contributed by atoms with Crippen LogP contribution in [0.4, 0.5) is 11.4 Å². The van der Waals surface area contributed by atoms with Crippen molar-refractivity contribution in [1.82, 2.24) is 0 Å². The van der Waals surface area contributed by atoms with Crippen molar-refractivity contribution in [3.05, 3.63) is 23.8 Å². The molecule has 5 heteroatoms. The Balaban J connectivity index is 1.85. The van der Waals surface area contributed by atoms with Crippen LogP contribution in [0.25, 0.3) is 0 Å². The Morgan fingerprint density at radius 2 is 2.17 bits per heavy atom. The average Bonchev–Trinajstić information content (AvgIpc) is 2.91. The predicted octanol–water partition coefficient (Wildman–Crippen LogP) is 2.94. The lowest BCUT2D eigenvalue weighted by molar-refractivity contribution is -0.148. The number of benzene rings is 1. The van der Waals surface area contributed by atoms with Crippen molar-refractivity contribution in [3.8, 4) is 0 Å². The second-order valence-electron chi connectivity index (χ2n) is 6.72. The average molecular weight is 330 g/mol. The van der Waals surface area contributed by atoms with Gasteiger partial charge in [0.2, 0.25) is 5.91 Å². The molecule has 5 nitrogen and oxygen atoms in total. The molecule has 2 atom stereocenters. The molecule has 130 valence electrons. The first-order valence-corrected chi connectivity index (χ1v) is 8.87. The summed E-state index contributed by atoms with van der Waals surface area (Å²) in [6.07, 6.45) is 2.61. The molecule has 2 aliphatic heterocycles. The van der Waals surface area contributed by atoms with E-state index in [4.69, 9.17) is 4.74 Å². The summed E-state index contributed by atoms with van der Waals surface area (Å²) in [7, 11) is 1.83. The van der Waals surface area contributed by atoms with Crippen LogP contribution >= 0.6 is 0 Å². The van der Waals surface area contributed by atoms with Crippen molar-refractivity contribution >= 4 is 23.3 Å². The lowest BCUT2D eigenvalue weighted by Crippen LogP contribution is -2.42. The van der Waals surface area contributed by atoms with Crippen molar-refractivity contribution in [2.24, 2.45) is 5.92 Å². The van der Waals surface area contributed by atoms with Crippen LogP contribution in [0, 0.1) is 5.92 Å². The van der Waals surface area contributed by atoms with Crippen molar-refractivity contribution in [3.63, 3.8) is 0 Å². The van der Waals surface area contributed by atoms with Crippen LogP contribution in [0.5, 0.6) is 0 Å². The monoisotopic (exact) mass is 330 g/mol. The highest BCUT2D eigenvalue weighted by Crippen LogP contribution is 2.47. The van der Waals surface area contributed by atoms with Crippen LogP contribution in [0.1, 0.15) is 44.6 Å². The van der Waals surface area contributed by atoms with Crippen molar-refractivity contribution in [2.75, 3.05) is 36.5 Å². The van der Waals surface area contributed by atoms with Gasteiger partial charge in [0.15, 0.2) is 0 Å². The lowest BCUT2D eigenvalue weighted by atomic mass is 9.87. The zero-order chi connectivity index (χ0) is 17.3. The van der Waals surface area contributed by atoms with Gasteiger partial charge in [0.05, 0.1) is 30.4 Å². The van der Waals surface area contributed by atoms with Gasteiger partial charge < -0.3 is 14.5 Å². The maximum atomic E-state index is 12.3. The number of anilines is 2. The molecule has 3 rings (SSSR count). The third-order valence-electron chi connectivity index (χ3n) is 5.13. The molecule has 24 heavy (non-hydrogen) atoms. The third-order valence-corrected chi connectivity index (χ3v) is 5.13. The molecule has 1 unspecified atom stereocenters. The highest BCUT2D eigenvalue weighted by molar-refractivity contribution is 6.04. The zero-order valence-corrected chi connectivity index (χ0v) is 14.7. The molecule has 2 heterocycles. The Hall–Kier alpha value is -2.04. The van der Waals surface area contributed by atoms with Crippen LogP contribution in [0.3, 0.4) is 0 Å². The number of rotatable bonds is 6. The number of carbonyl (C=O) groups excluding carboxylic acids is 2. The second-order valence-corrected chi connectivity index (χ2v) is 6.72. The molecule has 0 fully saturated rings. The molecular weight excluding hydrogens is 304 g/mol. The summed E-state index contributed by atoms with van der Waals surface area (Å²) in [5.74, 6) is 0.250. The molecule has 0 aromatic heterocycles. The smallest absolute Gasteiger partial charge is 0.308 e. The van der Waals surface area contributed by atoms with E-state index in [1.807, 2.05) is 26.1 Å². The van der Waals surface area contributed by atoms with E-state index in [-0.39, 0.29) is 23.7 Å². The van der Waals surface area contributed by atoms with Gasteiger partial charge in [0.1, 0.15) is 0 Å². The first kappa shape index (κ1) is 16.8. The minimum absolute atomic E-state index is 0.0643. The molecule has 0 radical (unpaired) electrons. The van der Waals surface area contributed by atoms with Crippen LogP contribution in [-0.2, 0) is 14.3 Å². The van der Waals surface area contributed by atoms with Crippen molar-refractivity contribution in [1.29, 1.82) is 0 Å². The molecule has 0 saturated heterocycles. The van der Waals surface area contributed by atoms with E-state index >= 15 is 0 Å². The standard InChI is InChI=1S/C19H26N2O3/c1-4-7-13(19(23)24-5-2)10-14-11-21-12-17(22)20(3)16-9-6-8-15(14)18(16)21/h6,8-9,13-14H,4-5,7,10-12H2,1-3H3/t13?,14-/m1/s1. The summed E-state index contributed by atoms with van der Waals surface area (Å²) < 4.78 is 5.26. The van der Waals surface area contributed by atoms with Gasteiger partial charge in [-0.05, 0) is 31.4 Å². The topological polar surface area (TPSA) is 49.9 Å². The van der Waals surface area contributed by atoms with E-state index in [2.05, 4.69) is 17.9 Å². The Kier molecular flexibility index (Phi) is 4.78. The largest absolute Gasteiger partial charge is 0.466 e. The fraction of sp³-hybridized carbons (Fsp3) is 0.579. The third kappa shape index (κ3) is 2.87. The van der Waals surface area contributed by atoms with E-state index in [0.717, 1.165) is 31.5 Å². The molecule has 0 bridgehead atoms. The van der Waals surface area contributed by atoms with Crippen LogP contribution in [0.2, 0.25) is 0 Å². The number of para-hydroxylation sites is 1. The predicted molar refractivity (Wildman–Crippen MR) is 94.5 cm³/mol. The van der Waals surface area contributed by atoms with Gasteiger partial charge in [-0.2, -0.15) is 0 Å². The van der Waals surface area contributed by atoms with Gasteiger partial charge in [-0.25, -0.2) is 0 Å². The highest BCUT2D eigenvalue weighted by atomic mass is 16.5. The van der Waals surface area contributed by atoms with Crippen LogP contribution in [0.15, 0.2) is 18.2 Å². The van der Waals surface area contributed by atoms with E-state index in [9.17, 15) is 9.59 Å². The fourth-order valence-electron chi connectivity index (χ4n) is 3.98. The van der Waals surface area contributed by atoms with E-state index in [1.54, 1.807) is 4.90 Å². The highest BCUT2D eigenvalue weighted by Gasteiger charge is 2.38. The number of carbonyl (C=O) groups is 2. The first-order chi connectivity index (χ1) is 11.6. The molecule has 1 aromatic rings. The van der Waals surface area contributed by atoms with E-state index in [0.29, 0.717) is 13.2 Å². The van der Waals surface area contributed by atoms with Gasteiger partial charge in [-0.1, -0.05) is 25.5 Å². The number of ether oxygens (including phenoxy) is 1. The number of likely N-dealkylation sites (N-methyl/N-ethyl adjacent to an activating group) is 1. The van der Waals surface area contributed by atoms with E-state index in [1.165, 1.54) is 11.3 Å². The zero-order valence-electron chi connectivity index (χ0n) is 14.7.